The second kappa shape index (κ2) is 6.12. The largest absolute Gasteiger partial charge is 0.493 e. The lowest BCUT2D eigenvalue weighted by Crippen LogP contribution is -2.03. The van der Waals surface area contributed by atoms with E-state index >= 15 is 0 Å². The molecule has 1 aliphatic rings. The van der Waals surface area contributed by atoms with Crippen LogP contribution in [0.15, 0.2) is 40.8 Å². The fourth-order valence-electron chi connectivity index (χ4n) is 3.13. The first-order valence-corrected chi connectivity index (χ1v) is 8.54. The van der Waals surface area contributed by atoms with Crippen molar-refractivity contribution in [2.24, 2.45) is 0 Å². The molecule has 0 fully saturated rings. The van der Waals surface area contributed by atoms with E-state index in [-0.39, 0.29) is 0 Å². The zero-order valence-corrected chi connectivity index (χ0v) is 15.0. The normalized spacial score (nSPS) is 13.3. The third-order valence-electron chi connectivity index (χ3n) is 4.29. The molecule has 1 aliphatic heterocycles. The van der Waals surface area contributed by atoms with Gasteiger partial charge in [-0.3, -0.25) is 4.67 Å². The molecule has 24 heavy (non-hydrogen) atoms. The maximum absolute atomic E-state index is 6.10. The minimum Gasteiger partial charge on any atom is -0.493 e. The Hall–Kier alpha value is -2.03. The fraction of sp³-hybridized carbons (Fsp3) is 0.263. The van der Waals surface area contributed by atoms with Gasteiger partial charge >= 0.3 is 0 Å². The summed E-state index contributed by atoms with van der Waals surface area (Å²) in [6.07, 6.45) is 0.967. The molecule has 0 amide bonds. The van der Waals surface area contributed by atoms with Crippen molar-refractivity contribution in [3.8, 4) is 17.2 Å². The molecule has 1 aromatic heterocycles. The van der Waals surface area contributed by atoms with Gasteiger partial charge in [0, 0.05) is 30.0 Å². The van der Waals surface area contributed by atoms with Gasteiger partial charge in [0.05, 0.1) is 6.61 Å². The van der Waals surface area contributed by atoms with Crippen molar-refractivity contribution in [1.82, 2.24) is 4.67 Å². The molecule has 0 saturated carbocycles. The highest BCUT2D eigenvalue weighted by atomic mass is 31.0. The number of rotatable bonds is 4. The molecule has 124 valence electrons. The van der Waals surface area contributed by atoms with Gasteiger partial charge in [0.25, 0.3) is 0 Å². The molecule has 0 radical (unpaired) electrons. The highest BCUT2D eigenvalue weighted by Crippen LogP contribution is 2.37. The van der Waals surface area contributed by atoms with Gasteiger partial charge in [0.1, 0.15) is 17.3 Å². The lowest BCUT2D eigenvalue weighted by atomic mass is 10.1. The smallest absolute Gasteiger partial charge is 0.177 e. The first-order valence-electron chi connectivity index (χ1n) is 8.02. The number of para-hydroxylation sites is 1. The Labute approximate surface area is 143 Å². The maximum Gasteiger partial charge on any atom is 0.177 e. The second-order valence-corrected chi connectivity index (χ2v) is 7.04. The lowest BCUT2D eigenvalue weighted by Gasteiger charge is -2.09. The molecule has 3 aromatic rings. The van der Waals surface area contributed by atoms with Crippen LogP contribution in [0.25, 0.3) is 11.0 Å². The summed E-state index contributed by atoms with van der Waals surface area (Å²) < 4.78 is 19.8. The number of benzene rings is 2. The van der Waals surface area contributed by atoms with Crippen LogP contribution in [0.1, 0.15) is 16.9 Å². The van der Waals surface area contributed by atoms with E-state index in [1.54, 1.807) is 0 Å². The number of hydrogen-bond donors (Lipinski definition) is 0. The number of aryl methyl sites for hydroxylation is 1. The van der Waals surface area contributed by atoms with Gasteiger partial charge in [0.2, 0.25) is 0 Å². The molecule has 4 rings (SSSR count). The molecule has 0 bridgehead atoms. The van der Waals surface area contributed by atoms with Crippen molar-refractivity contribution in [3.63, 3.8) is 0 Å². The van der Waals surface area contributed by atoms with Crippen molar-refractivity contribution in [3.05, 3.63) is 53.3 Å². The van der Waals surface area contributed by atoms with Gasteiger partial charge in [-0.2, -0.15) is 0 Å². The number of furan rings is 1. The lowest BCUT2D eigenvalue weighted by molar-refractivity contribution is 0.355. The van der Waals surface area contributed by atoms with Crippen LogP contribution in [0, 0.1) is 6.92 Å². The quantitative estimate of drug-likeness (QED) is 0.645. The molecule has 2 heterocycles. The fourth-order valence-corrected chi connectivity index (χ4v) is 3.31. The third-order valence-corrected chi connectivity index (χ3v) is 4.47. The SMILES string of the molecule is Cc1oc2c(Oc3ccc4c(c3)OCC4)cccc2c1CN(C)P. The molecule has 0 spiro atoms. The van der Waals surface area contributed by atoms with Crippen LogP contribution in [-0.4, -0.2) is 18.3 Å². The average molecular weight is 341 g/mol. The molecule has 0 saturated heterocycles. The zero-order chi connectivity index (χ0) is 16.7. The van der Waals surface area contributed by atoms with E-state index in [2.05, 4.69) is 26.2 Å². The van der Waals surface area contributed by atoms with Gasteiger partial charge in [-0.25, -0.2) is 0 Å². The number of ether oxygens (including phenoxy) is 2. The Morgan fingerprint density at radius 3 is 2.96 bits per heavy atom. The van der Waals surface area contributed by atoms with E-state index in [0.29, 0.717) is 0 Å². The molecular weight excluding hydrogens is 321 g/mol. The van der Waals surface area contributed by atoms with Gasteiger partial charge in [0.15, 0.2) is 11.3 Å². The average Bonchev–Trinajstić information content (AvgIpc) is 3.13. The van der Waals surface area contributed by atoms with Crippen LogP contribution in [0.3, 0.4) is 0 Å². The minimum absolute atomic E-state index is 0.728. The molecule has 1 unspecified atom stereocenters. The molecule has 5 heteroatoms. The molecular formula is C19H20NO3P. The van der Waals surface area contributed by atoms with E-state index in [1.807, 2.05) is 38.2 Å². The van der Waals surface area contributed by atoms with Crippen molar-refractivity contribution >= 4 is 20.4 Å². The van der Waals surface area contributed by atoms with Crippen LogP contribution in [0.4, 0.5) is 0 Å². The highest BCUT2D eigenvalue weighted by molar-refractivity contribution is 7.13. The first-order chi connectivity index (χ1) is 11.6. The van der Waals surface area contributed by atoms with E-state index in [4.69, 9.17) is 13.9 Å². The Morgan fingerprint density at radius 1 is 1.25 bits per heavy atom. The highest BCUT2D eigenvalue weighted by Gasteiger charge is 2.17. The maximum atomic E-state index is 6.10. The van der Waals surface area contributed by atoms with Crippen molar-refractivity contribution < 1.29 is 13.9 Å². The summed E-state index contributed by atoms with van der Waals surface area (Å²) >= 11 is 0. The van der Waals surface area contributed by atoms with Crippen molar-refractivity contribution in [1.29, 1.82) is 0 Å². The van der Waals surface area contributed by atoms with Crippen molar-refractivity contribution in [2.45, 2.75) is 19.9 Å². The Bertz CT molecular complexity index is 901. The van der Waals surface area contributed by atoms with Gasteiger partial charge in [-0.05, 0) is 31.7 Å². The van der Waals surface area contributed by atoms with Gasteiger partial charge in [-0.15, -0.1) is 0 Å². The monoisotopic (exact) mass is 341 g/mol. The Balaban J connectivity index is 1.72. The topological polar surface area (TPSA) is 34.8 Å². The molecule has 1 atom stereocenters. The van der Waals surface area contributed by atoms with Gasteiger partial charge in [-0.1, -0.05) is 27.6 Å². The summed E-state index contributed by atoms with van der Waals surface area (Å²) in [6.45, 7) is 3.55. The van der Waals surface area contributed by atoms with E-state index in [9.17, 15) is 0 Å². The van der Waals surface area contributed by atoms with E-state index in [1.165, 1.54) is 11.1 Å². The Morgan fingerprint density at radius 2 is 2.12 bits per heavy atom. The second-order valence-electron chi connectivity index (χ2n) is 6.15. The Kier molecular flexibility index (Phi) is 3.95. The molecule has 2 aromatic carbocycles. The summed E-state index contributed by atoms with van der Waals surface area (Å²) in [6, 6.07) is 12.0. The minimum atomic E-state index is 0.728. The summed E-state index contributed by atoms with van der Waals surface area (Å²) in [5.74, 6) is 3.33. The summed E-state index contributed by atoms with van der Waals surface area (Å²) in [5.41, 5.74) is 3.21. The number of nitrogens with zero attached hydrogens (tertiary/aromatic N) is 1. The predicted octanol–water partition coefficient (Wildman–Crippen LogP) is 4.69. The summed E-state index contributed by atoms with van der Waals surface area (Å²) in [7, 11) is 4.70. The molecule has 0 aliphatic carbocycles. The first kappa shape index (κ1) is 15.5. The summed E-state index contributed by atoms with van der Waals surface area (Å²) in [5, 5.41) is 1.09. The van der Waals surface area contributed by atoms with Crippen LogP contribution < -0.4 is 9.47 Å². The number of hydrogen-bond acceptors (Lipinski definition) is 4. The van der Waals surface area contributed by atoms with E-state index in [0.717, 1.165) is 53.6 Å². The van der Waals surface area contributed by atoms with Crippen molar-refractivity contribution in [2.75, 3.05) is 13.7 Å². The van der Waals surface area contributed by atoms with Crippen LogP contribution in [0.5, 0.6) is 17.2 Å². The van der Waals surface area contributed by atoms with E-state index < -0.39 is 0 Å². The predicted molar refractivity (Wildman–Crippen MR) is 97.8 cm³/mol. The summed E-state index contributed by atoms with van der Waals surface area (Å²) in [4.78, 5) is 0. The third kappa shape index (κ3) is 2.77. The van der Waals surface area contributed by atoms with Crippen LogP contribution in [0.2, 0.25) is 0 Å². The zero-order valence-electron chi connectivity index (χ0n) is 13.8. The van der Waals surface area contributed by atoms with Crippen LogP contribution in [-0.2, 0) is 13.0 Å². The van der Waals surface area contributed by atoms with Crippen LogP contribution >= 0.6 is 9.39 Å². The van der Waals surface area contributed by atoms with Gasteiger partial charge < -0.3 is 13.9 Å². The molecule has 0 N–H and O–H groups in total. The molecule has 4 nitrogen and oxygen atoms in total. The number of fused-ring (bicyclic) bond motifs is 2. The standard InChI is InChI=1S/C19H20NO3P/c1-12-16(11-20(2)24)15-4-3-5-17(19(15)22-12)23-14-7-6-13-8-9-21-18(13)10-14/h3-7,10H,8-9,11,24H2,1-2H3.